The Balaban J connectivity index is 3.42. The second-order valence-electron chi connectivity index (χ2n) is 8.81. The smallest absolute Gasteiger partial charge is 0.248 e. The number of carbonyl (C=O) groups is 1. The molecule has 0 aromatic carbocycles. The Morgan fingerprint density at radius 1 is 0.815 bits per heavy atom. The summed E-state index contributed by atoms with van der Waals surface area (Å²) in [6, 6.07) is 0. The highest BCUT2D eigenvalue weighted by Gasteiger charge is 2.15. The van der Waals surface area contributed by atoms with Crippen LogP contribution >= 0.6 is 0 Å². The highest BCUT2D eigenvalue weighted by atomic mass is 16.3. The van der Waals surface area contributed by atoms with E-state index in [9.17, 15) is 9.90 Å². The van der Waals surface area contributed by atoms with Crippen molar-refractivity contribution in [2.75, 3.05) is 33.7 Å². The van der Waals surface area contributed by atoms with E-state index < -0.39 is 6.10 Å². The SMILES string of the molecule is CCCCCCCCCCCCCCC(O)C(=O)NCCC[N+](C)(C)CC. The summed E-state index contributed by atoms with van der Waals surface area (Å²) in [4.78, 5) is 11.9. The number of nitrogens with zero attached hydrogens (tertiary/aromatic N) is 1. The van der Waals surface area contributed by atoms with E-state index in [1.165, 1.54) is 64.2 Å². The normalized spacial score (nSPS) is 12.9. The molecule has 0 aliphatic rings. The third-order valence-corrected chi connectivity index (χ3v) is 5.73. The molecule has 1 amide bonds. The van der Waals surface area contributed by atoms with Crippen LogP contribution in [0.2, 0.25) is 0 Å². The molecule has 0 fully saturated rings. The minimum Gasteiger partial charge on any atom is -0.383 e. The minimum atomic E-state index is -0.832. The van der Waals surface area contributed by atoms with Gasteiger partial charge in [-0.15, -0.1) is 0 Å². The number of amides is 1. The van der Waals surface area contributed by atoms with E-state index in [0.717, 1.165) is 36.8 Å². The summed E-state index contributed by atoms with van der Waals surface area (Å²) in [7, 11) is 4.40. The van der Waals surface area contributed by atoms with Crippen LogP contribution in [0.5, 0.6) is 0 Å². The van der Waals surface area contributed by atoms with Gasteiger partial charge in [0.2, 0.25) is 5.91 Å². The summed E-state index contributed by atoms with van der Waals surface area (Å²) in [6.45, 7) is 7.24. The Hall–Kier alpha value is -0.610. The highest BCUT2D eigenvalue weighted by molar-refractivity contribution is 5.80. The summed E-state index contributed by atoms with van der Waals surface area (Å²) in [5.41, 5.74) is 0. The molecule has 27 heavy (non-hydrogen) atoms. The van der Waals surface area contributed by atoms with Crippen molar-refractivity contribution in [1.29, 1.82) is 0 Å². The van der Waals surface area contributed by atoms with Crippen molar-refractivity contribution in [3.8, 4) is 0 Å². The van der Waals surface area contributed by atoms with Crippen LogP contribution in [-0.2, 0) is 4.79 Å². The van der Waals surface area contributed by atoms with E-state index >= 15 is 0 Å². The molecule has 1 unspecified atom stereocenters. The summed E-state index contributed by atoms with van der Waals surface area (Å²) in [5.74, 6) is -0.195. The van der Waals surface area contributed by atoms with Gasteiger partial charge in [-0.2, -0.15) is 0 Å². The van der Waals surface area contributed by atoms with Crippen molar-refractivity contribution >= 4 is 5.91 Å². The maximum atomic E-state index is 11.9. The molecular formula is C23H49N2O2+. The van der Waals surface area contributed by atoms with Crippen LogP contribution in [0.1, 0.15) is 104 Å². The van der Waals surface area contributed by atoms with E-state index in [2.05, 4.69) is 33.3 Å². The van der Waals surface area contributed by atoms with Crippen molar-refractivity contribution in [2.45, 2.75) is 110 Å². The molecule has 1 atom stereocenters. The lowest BCUT2D eigenvalue weighted by Gasteiger charge is -2.28. The van der Waals surface area contributed by atoms with Crippen molar-refractivity contribution in [3.63, 3.8) is 0 Å². The van der Waals surface area contributed by atoms with E-state index in [1.54, 1.807) is 0 Å². The molecule has 2 N–H and O–H groups in total. The van der Waals surface area contributed by atoms with Gasteiger partial charge < -0.3 is 14.9 Å². The lowest BCUT2D eigenvalue weighted by molar-refractivity contribution is -0.888. The molecule has 0 heterocycles. The van der Waals surface area contributed by atoms with Gasteiger partial charge in [0.1, 0.15) is 6.10 Å². The Kier molecular flexibility index (Phi) is 17.1. The maximum Gasteiger partial charge on any atom is 0.248 e. The lowest BCUT2D eigenvalue weighted by atomic mass is 10.0. The molecular weight excluding hydrogens is 336 g/mol. The molecule has 0 aromatic rings. The molecule has 0 saturated heterocycles. The second-order valence-corrected chi connectivity index (χ2v) is 8.81. The monoisotopic (exact) mass is 385 g/mol. The number of hydrogen-bond donors (Lipinski definition) is 2. The molecule has 0 rings (SSSR count). The second kappa shape index (κ2) is 17.5. The van der Waals surface area contributed by atoms with Crippen LogP contribution in [0.3, 0.4) is 0 Å². The maximum absolute atomic E-state index is 11.9. The molecule has 4 nitrogen and oxygen atoms in total. The number of nitrogens with one attached hydrogen (secondary N) is 1. The van der Waals surface area contributed by atoms with Gasteiger partial charge in [-0.25, -0.2) is 0 Å². The van der Waals surface area contributed by atoms with Crippen LogP contribution in [0, 0.1) is 0 Å². The fourth-order valence-corrected chi connectivity index (χ4v) is 3.30. The van der Waals surface area contributed by atoms with Gasteiger partial charge in [0.05, 0.1) is 27.2 Å². The van der Waals surface area contributed by atoms with E-state index in [1.807, 2.05) is 0 Å². The highest BCUT2D eigenvalue weighted by Crippen LogP contribution is 2.13. The largest absolute Gasteiger partial charge is 0.383 e. The minimum absolute atomic E-state index is 0.195. The average Bonchev–Trinajstić information content (AvgIpc) is 2.65. The quantitative estimate of drug-likeness (QED) is 0.242. The average molecular weight is 386 g/mol. The predicted octanol–water partition coefficient (Wildman–Crippen LogP) is 5.04. The summed E-state index contributed by atoms with van der Waals surface area (Å²) in [5, 5.41) is 12.8. The Morgan fingerprint density at radius 2 is 1.30 bits per heavy atom. The fourth-order valence-electron chi connectivity index (χ4n) is 3.30. The Labute approximate surface area is 169 Å². The number of quaternary nitrogens is 1. The molecule has 0 spiro atoms. The molecule has 4 heteroatoms. The molecule has 0 bridgehead atoms. The first kappa shape index (κ1) is 26.4. The number of aliphatic hydroxyl groups excluding tert-OH is 1. The number of aliphatic hydroxyl groups is 1. The van der Waals surface area contributed by atoms with Crippen molar-refractivity contribution in [3.05, 3.63) is 0 Å². The molecule has 162 valence electrons. The van der Waals surface area contributed by atoms with E-state index in [0.29, 0.717) is 13.0 Å². The fraction of sp³-hybridized carbons (Fsp3) is 0.957. The molecule has 0 saturated carbocycles. The van der Waals surface area contributed by atoms with E-state index in [-0.39, 0.29) is 5.91 Å². The molecule has 0 aliphatic heterocycles. The van der Waals surface area contributed by atoms with Crippen molar-refractivity contribution < 1.29 is 14.4 Å². The van der Waals surface area contributed by atoms with Gasteiger partial charge in [-0.3, -0.25) is 4.79 Å². The summed E-state index contributed by atoms with van der Waals surface area (Å²) >= 11 is 0. The Morgan fingerprint density at radius 3 is 1.78 bits per heavy atom. The molecule has 0 radical (unpaired) electrons. The number of hydrogen-bond acceptors (Lipinski definition) is 2. The van der Waals surface area contributed by atoms with Gasteiger partial charge in [0.25, 0.3) is 0 Å². The van der Waals surface area contributed by atoms with Gasteiger partial charge >= 0.3 is 0 Å². The van der Waals surface area contributed by atoms with Crippen molar-refractivity contribution in [1.82, 2.24) is 5.32 Å². The zero-order valence-electron chi connectivity index (χ0n) is 18.9. The molecule has 0 aliphatic carbocycles. The summed E-state index contributed by atoms with van der Waals surface area (Å²) < 4.78 is 0.970. The Bertz CT molecular complexity index is 345. The number of carbonyl (C=O) groups excluding carboxylic acids is 1. The van der Waals surface area contributed by atoms with Crippen LogP contribution in [0.25, 0.3) is 0 Å². The first-order valence-electron chi connectivity index (χ1n) is 11.7. The zero-order valence-corrected chi connectivity index (χ0v) is 18.9. The number of rotatable bonds is 19. The number of unbranched alkanes of at least 4 members (excludes halogenated alkanes) is 11. The van der Waals surface area contributed by atoms with Crippen LogP contribution < -0.4 is 5.32 Å². The molecule has 0 aromatic heterocycles. The lowest BCUT2D eigenvalue weighted by Crippen LogP contribution is -2.42. The van der Waals surface area contributed by atoms with Gasteiger partial charge in [0, 0.05) is 13.0 Å². The standard InChI is InChI=1S/C23H48N2O2/c1-5-7-8-9-10-11-12-13-14-15-16-17-19-22(26)23(27)24-20-18-21-25(3,4)6-2/h22,26H,5-21H2,1-4H3/p+1. The van der Waals surface area contributed by atoms with Crippen LogP contribution in [-0.4, -0.2) is 55.3 Å². The van der Waals surface area contributed by atoms with Crippen LogP contribution in [0.15, 0.2) is 0 Å². The predicted molar refractivity (Wildman–Crippen MR) is 117 cm³/mol. The third-order valence-electron chi connectivity index (χ3n) is 5.73. The first-order valence-corrected chi connectivity index (χ1v) is 11.7. The topological polar surface area (TPSA) is 49.3 Å². The zero-order chi connectivity index (χ0) is 20.4. The first-order chi connectivity index (χ1) is 12.9. The van der Waals surface area contributed by atoms with Crippen molar-refractivity contribution in [2.24, 2.45) is 0 Å². The van der Waals surface area contributed by atoms with E-state index in [4.69, 9.17) is 0 Å². The van der Waals surface area contributed by atoms with Gasteiger partial charge in [-0.1, -0.05) is 84.0 Å². The van der Waals surface area contributed by atoms with Crippen LogP contribution in [0.4, 0.5) is 0 Å². The van der Waals surface area contributed by atoms with Gasteiger partial charge in [-0.05, 0) is 13.3 Å². The third kappa shape index (κ3) is 17.2. The van der Waals surface area contributed by atoms with Gasteiger partial charge in [0.15, 0.2) is 0 Å². The summed E-state index contributed by atoms with van der Waals surface area (Å²) in [6.07, 6.45) is 16.3.